The first kappa shape index (κ1) is 34.7. The number of aromatic nitrogens is 1. The predicted octanol–water partition coefficient (Wildman–Crippen LogP) is 4.90. The molecule has 0 spiro atoms. The quantitative estimate of drug-likeness (QED) is 0.271. The maximum absolute atomic E-state index is 14.5. The molecule has 0 unspecified atom stereocenters. The summed E-state index contributed by atoms with van der Waals surface area (Å²) < 4.78 is 41.4. The van der Waals surface area contributed by atoms with Gasteiger partial charge in [-0.25, -0.2) is 13.4 Å². The molecule has 3 N–H and O–H groups in total. The minimum absolute atomic E-state index is 0.130. The third-order valence-corrected chi connectivity index (χ3v) is 13.1. The van der Waals surface area contributed by atoms with Crippen molar-refractivity contribution < 1.29 is 32.3 Å². The molecule has 0 bridgehead atoms. The van der Waals surface area contributed by atoms with Gasteiger partial charge in [-0.05, 0) is 68.9 Å². The van der Waals surface area contributed by atoms with Crippen molar-refractivity contribution in [3.8, 4) is 10.9 Å². The number of thiazole rings is 1. The van der Waals surface area contributed by atoms with Gasteiger partial charge in [0.15, 0.2) is 0 Å². The van der Waals surface area contributed by atoms with E-state index in [4.69, 9.17) is 9.47 Å². The van der Waals surface area contributed by atoms with Gasteiger partial charge in [0.2, 0.25) is 21.8 Å². The molecule has 1 aromatic heterocycles. The summed E-state index contributed by atoms with van der Waals surface area (Å²) in [6, 6.07) is 11.5. The number of nitrogens with one attached hydrogen (secondary N) is 3. The van der Waals surface area contributed by atoms with Crippen LogP contribution in [0.25, 0.3) is 10.2 Å². The van der Waals surface area contributed by atoms with Crippen LogP contribution in [-0.4, -0.2) is 78.7 Å². The zero-order chi connectivity index (χ0) is 35.0. The van der Waals surface area contributed by atoms with Crippen molar-refractivity contribution in [1.29, 1.82) is 0 Å². The van der Waals surface area contributed by atoms with Crippen LogP contribution in [-0.2, 0) is 24.4 Å². The van der Waals surface area contributed by atoms with Gasteiger partial charge in [0.25, 0.3) is 11.1 Å². The lowest BCUT2D eigenvalue weighted by Gasteiger charge is -2.30. The molecule has 5 atom stereocenters. The van der Waals surface area contributed by atoms with Gasteiger partial charge in [-0.1, -0.05) is 58.3 Å². The topological polar surface area (TPSA) is 156 Å². The number of fused-ring (bicyclic) bond motifs is 3. The number of carbonyl (C=O) groups is 3. The van der Waals surface area contributed by atoms with Crippen LogP contribution in [0, 0.1) is 5.92 Å². The van der Waals surface area contributed by atoms with E-state index in [1.54, 1.807) is 12.0 Å². The molecule has 2 aliphatic carbocycles. The number of nitrogens with zero attached hydrogens (tertiary/aromatic N) is 2. The molecule has 1 saturated heterocycles. The highest BCUT2D eigenvalue weighted by atomic mass is 79.9. The molecule has 2 aromatic carbocycles. The number of anilines is 1. The summed E-state index contributed by atoms with van der Waals surface area (Å²) in [6.07, 6.45) is 8.64. The van der Waals surface area contributed by atoms with Crippen LogP contribution >= 0.6 is 27.3 Å². The number of amides is 3. The first-order valence-electron chi connectivity index (χ1n) is 17.0. The maximum atomic E-state index is 14.5. The Labute approximate surface area is 303 Å². The molecule has 4 aliphatic rings. The molecule has 3 amide bonds. The van der Waals surface area contributed by atoms with Crippen molar-refractivity contribution in [3.63, 3.8) is 0 Å². The van der Waals surface area contributed by atoms with Crippen molar-refractivity contribution in [2.45, 2.75) is 86.8 Å². The molecule has 50 heavy (non-hydrogen) atoms. The lowest BCUT2D eigenvalue weighted by atomic mass is 10.0. The summed E-state index contributed by atoms with van der Waals surface area (Å²) in [5, 5.41) is 6.16. The summed E-state index contributed by atoms with van der Waals surface area (Å²) in [5.74, 6) is -1.25. The minimum atomic E-state index is -3.84. The zero-order valence-electron chi connectivity index (χ0n) is 27.6. The number of halogens is 1. The van der Waals surface area contributed by atoms with Crippen LogP contribution in [0.3, 0.4) is 0 Å². The van der Waals surface area contributed by atoms with Gasteiger partial charge in [-0.3, -0.25) is 19.1 Å². The van der Waals surface area contributed by atoms with Crippen LogP contribution in [0.15, 0.2) is 59.1 Å². The Balaban J connectivity index is 1.18. The SMILES string of the molecule is COc1cccc(N[C@H]2CCCCC/C=C\[C@H]3C[C@@]3(C(=O)NS(=O)(=O)C3CC3)NC(=O)[C@@H]3C[C@@H](Oc4nc5ccc(Br)cc5s4)CN3C2=O)c1. The Bertz CT molecular complexity index is 1930. The molecule has 3 aromatic rings. The van der Waals surface area contributed by atoms with Crippen molar-refractivity contribution in [2.75, 3.05) is 19.0 Å². The first-order valence-corrected chi connectivity index (χ1v) is 20.2. The van der Waals surface area contributed by atoms with E-state index >= 15 is 0 Å². The largest absolute Gasteiger partial charge is 0.497 e. The average molecular weight is 787 g/mol. The number of carbonyl (C=O) groups excluding carboxylic acids is 3. The minimum Gasteiger partial charge on any atom is -0.497 e. The van der Waals surface area contributed by atoms with E-state index in [0.717, 1.165) is 40.4 Å². The number of hydrogen-bond donors (Lipinski definition) is 3. The number of sulfonamides is 1. The van der Waals surface area contributed by atoms with Gasteiger partial charge in [0, 0.05) is 28.6 Å². The van der Waals surface area contributed by atoms with Crippen molar-refractivity contribution in [3.05, 3.63) is 59.1 Å². The fourth-order valence-corrected chi connectivity index (χ4v) is 9.63. The van der Waals surface area contributed by atoms with E-state index in [-0.39, 0.29) is 31.2 Å². The molecule has 3 fully saturated rings. The maximum Gasteiger partial charge on any atom is 0.274 e. The van der Waals surface area contributed by atoms with Crippen molar-refractivity contribution >= 4 is 70.9 Å². The smallest absolute Gasteiger partial charge is 0.274 e. The summed E-state index contributed by atoms with van der Waals surface area (Å²) in [4.78, 5) is 48.6. The summed E-state index contributed by atoms with van der Waals surface area (Å²) in [5.41, 5.74) is 0.0621. The fraction of sp³-hybridized carbons (Fsp3) is 0.486. The lowest BCUT2D eigenvalue weighted by molar-refractivity contribution is -0.140. The summed E-state index contributed by atoms with van der Waals surface area (Å²) in [6.45, 7) is 0.130. The van der Waals surface area contributed by atoms with Crippen molar-refractivity contribution in [1.82, 2.24) is 19.9 Å². The van der Waals surface area contributed by atoms with E-state index in [1.165, 1.54) is 11.3 Å². The highest BCUT2D eigenvalue weighted by Crippen LogP contribution is 2.46. The second kappa shape index (κ2) is 14.1. The van der Waals surface area contributed by atoms with Crippen molar-refractivity contribution in [2.24, 2.45) is 5.92 Å². The Kier molecular flexibility index (Phi) is 9.83. The van der Waals surface area contributed by atoms with Gasteiger partial charge in [-0.15, -0.1) is 0 Å². The third-order valence-electron chi connectivity index (χ3n) is 9.85. The van der Waals surface area contributed by atoms with E-state index < -0.39 is 50.8 Å². The highest BCUT2D eigenvalue weighted by molar-refractivity contribution is 9.10. The van der Waals surface area contributed by atoms with Crippen LogP contribution in [0.4, 0.5) is 5.69 Å². The number of hydrogen-bond acceptors (Lipinski definition) is 10. The lowest BCUT2D eigenvalue weighted by Crippen LogP contribution is -2.57. The molecular weight excluding hydrogens is 746 g/mol. The Morgan fingerprint density at radius 2 is 1.96 bits per heavy atom. The normalized spacial score (nSPS) is 28.0. The van der Waals surface area contributed by atoms with Crippen LogP contribution < -0.4 is 24.8 Å². The zero-order valence-corrected chi connectivity index (χ0v) is 30.8. The molecule has 12 nitrogen and oxygen atoms in total. The summed E-state index contributed by atoms with van der Waals surface area (Å²) in [7, 11) is -2.26. The summed E-state index contributed by atoms with van der Waals surface area (Å²) >= 11 is 4.87. The standard InChI is InChI=1S/C35H40BrN5O7S2/c1-47-24-10-7-9-23(17-24)37-28-11-6-4-2-3-5-8-21-19-35(21,33(44)40-50(45,46)26-13-14-26)39-31(42)29-18-25(20-41(29)32(28)43)48-34-38-27-15-12-22(36)16-30(27)49-34/h5,7-10,12,15-17,21,25-26,28-29,37H,2-4,6,11,13-14,18-20H2,1H3,(H,39,42)(H,40,44)/b8-5-/t21-,25+,28-,29-,35+/m0/s1. The number of methoxy groups -OCH3 is 1. The molecular formula is C35H40BrN5O7S2. The third kappa shape index (κ3) is 7.49. The molecule has 2 aliphatic heterocycles. The van der Waals surface area contributed by atoms with Crippen LogP contribution in [0.1, 0.15) is 57.8 Å². The van der Waals surface area contributed by atoms with Gasteiger partial charge >= 0.3 is 0 Å². The van der Waals surface area contributed by atoms with Crippen LogP contribution in [0.5, 0.6) is 10.9 Å². The van der Waals surface area contributed by atoms with Gasteiger partial charge in [0.1, 0.15) is 29.5 Å². The van der Waals surface area contributed by atoms with Gasteiger partial charge in [-0.2, -0.15) is 0 Å². The second-order valence-electron chi connectivity index (χ2n) is 13.5. The Hall–Kier alpha value is -3.69. The number of rotatable bonds is 8. The molecule has 266 valence electrons. The predicted molar refractivity (Wildman–Crippen MR) is 194 cm³/mol. The second-order valence-corrected chi connectivity index (χ2v) is 17.4. The number of allylic oxidation sites excluding steroid dienone is 1. The van der Waals surface area contributed by atoms with E-state index in [9.17, 15) is 22.8 Å². The molecule has 2 saturated carbocycles. The molecule has 15 heteroatoms. The van der Waals surface area contributed by atoms with E-state index in [2.05, 4.69) is 36.3 Å². The van der Waals surface area contributed by atoms with Gasteiger partial charge < -0.3 is 25.0 Å². The number of benzene rings is 2. The highest BCUT2D eigenvalue weighted by Gasteiger charge is 2.62. The molecule has 7 rings (SSSR count). The molecule has 3 heterocycles. The van der Waals surface area contributed by atoms with Gasteiger partial charge in [0.05, 0.1) is 29.1 Å². The first-order chi connectivity index (χ1) is 24.0. The van der Waals surface area contributed by atoms with Crippen LogP contribution in [0.2, 0.25) is 0 Å². The van der Waals surface area contributed by atoms with E-state index in [1.807, 2.05) is 54.6 Å². The molecule has 0 radical (unpaired) electrons. The Morgan fingerprint density at radius 1 is 1.12 bits per heavy atom. The average Bonchev–Trinajstić information content (AvgIpc) is 3.98. The van der Waals surface area contributed by atoms with E-state index in [0.29, 0.717) is 35.9 Å². The number of ether oxygens (including phenoxy) is 2. The fourth-order valence-electron chi connectivity index (χ4n) is 6.83. The monoisotopic (exact) mass is 785 g/mol. The Morgan fingerprint density at radius 3 is 2.76 bits per heavy atom.